The van der Waals surface area contributed by atoms with Crippen LogP contribution in [0.3, 0.4) is 0 Å². The molecule has 0 aromatic heterocycles. The summed E-state index contributed by atoms with van der Waals surface area (Å²) >= 11 is 3.40. The van der Waals surface area contributed by atoms with Crippen LogP contribution < -0.4 is 9.47 Å². The lowest BCUT2D eigenvalue weighted by molar-refractivity contribution is -0.132. The molecule has 2 rings (SSSR count). The zero-order valence-corrected chi connectivity index (χ0v) is 14.2. The van der Waals surface area contributed by atoms with Gasteiger partial charge < -0.3 is 14.4 Å². The predicted molar refractivity (Wildman–Crippen MR) is 86.3 cm³/mol. The van der Waals surface area contributed by atoms with Gasteiger partial charge >= 0.3 is 0 Å². The van der Waals surface area contributed by atoms with E-state index in [0.29, 0.717) is 13.0 Å². The second-order valence-electron chi connectivity index (χ2n) is 5.19. The van der Waals surface area contributed by atoms with Gasteiger partial charge in [0.2, 0.25) is 5.91 Å². The van der Waals surface area contributed by atoms with Crippen LogP contribution in [0.15, 0.2) is 12.1 Å². The number of benzene rings is 1. The summed E-state index contributed by atoms with van der Waals surface area (Å²) in [7, 11) is 3.28. The van der Waals surface area contributed by atoms with Crippen LogP contribution in [0.25, 0.3) is 0 Å². The number of halogens is 1. The topological polar surface area (TPSA) is 38.8 Å². The molecule has 0 aliphatic carbocycles. The molecule has 0 atom stereocenters. The van der Waals surface area contributed by atoms with E-state index in [-0.39, 0.29) is 5.91 Å². The maximum atomic E-state index is 12.2. The molecule has 1 heterocycles. The number of alkyl halides is 1. The number of fused-ring (bicyclic) bond motifs is 1. The van der Waals surface area contributed by atoms with Gasteiger partial charge in [-0.1, -0.05) is 15.9 Å². The number of methoxy groups -OCH3 is 2. The van der Waals surface area contributed by atoms with Crippen molar-refractivity contribution in [1.82, 2.24) is 4.90 Å². The molecule has 1 aliphatic heterocycles. The van der Waals surface area contributed by atoms with E-state index in [2.05, 4.69) is 15.9 Å². The van der Waals surface area contributed by atoms with Gasteiger partial charge in [0.1, 0.15) is 0 Å². The van der Waals surface area contributed by atoms with Crippen molar-refractivity contribution in [3.8, 4) is 11.5 Å². The van der Waals surface area contributed by atoms with Crippen molar-refractivity contribution in [3.05, 3.63) is 23.3 Å². The van der Waals surface area contributed by atoms with Crippen molar-refractivity contribution < 1.29 is 14.3 Å². The first-order valence-corrected chi connectivity index (χ1v) is 8.39. The normalized spacial score (nSPS) is 13.8. The maximum Gasteiger partial charge on any atom is 0.222 e. The van der Waals surface area contributed by atoms with Crippen LogP contribution in [0.2, 0.25) is 0 Å². The highest BCUT2D eigenvalue weighted by Crippen LogP contribution is 2.33. The van der Waals surface area contributed by atoms with Gasteiger partial charge in [-0.05, 0) is 42.5 Å². The van der Waals surface area contributed by atoms with Gasteiger partial charge in [-0.15, -0.1) is 0 Å². The van der Waals surface area contributed by atoms with Crippen molar-refractivity contribution in [2.75, 3.05) is 26.1 Å². The molecule has 1 aliphatic rings. The summed E-state index contributed by atoms with van der Waals surface area (Å²) in [5.74, 6) is 1.73. The van der Waals surface area contributed by atoms with Crippen LogP contribution in [0, 0.1) is 0 Å². The van der Waals surface area contributed by atoms with Crippen LogP contribution >= 0.6 is 15.9 Å². The summed E-state index contributed by atoms with van der Waals surface area (Å²) in [4.78, 5) is 14.2. The Kier molecular flexibility index (Phi) is 5.91. The standard InChI is InChI=1S/C16H22BrNO3/c1-20-14-9-12-6-8-18(16(19)5-3-4-7-17)11-13(12)10-15(14)21-2/h9-10H,3-8,11H2,1-2H3. The highest BCUT2D eigenvalue weighted by Gasteiger charge is 2.22. The zero-order chi connectivity index (χ0) is 15.2. The van der Waals surface area contributed by atoms with E-state index in [1.54, 1.807) is 14.2 Å². The molecule has 0 radical (unpaired) electrons. The van der Waals surface area contributed by atoms with E-state index >= 15 is 0 Å². The average Bonchev–Trinajstić information content (AvgIpc) is 2.52. The molecular weight excluding hydrogens is 334 g/mol. The fraction of sp³-hybridized carbons (Fsp3) is 0.562. The fourth-order valence-electron chi connectivity index (χ4n) is 2.62. The smallest absolute Gasteiger partial charge is 0.222 e. The van der Waals surface area contributed by atoms with Gasteiger partial charge in [0.25, 0.3) is 0 Å². The summed E-state index contributed by atoms with van der Waals surface area (Å²) in [5, 5.41) is 0.958. The van der Waals surface area contributed by atoms with Gasteiger partial charge in [0, 0.05) is 24.8 Å². The first-order valence-electron chi connectivity index (χ1n) is 7.27. The number of carbonyl (C=O) groups is 1. The van der Waals surface area contributed by atoms with Crippen molar-refractivity contribution in [1.29, 1.82) is 0 Å². The first-order chi connectivity index (χ1) is 10.2. The molecule has 0 fully saturated rings. The Morgan fingerprint density at radius 1 is 1.19 bits per heavy atom. The van der Waals surface area contributed by atoms with E-state index < -0.39 is 0 Å². The van der Waals surface area contributed by atoms with Crippen LogP contribution in [-0.4, -0.2) is 36.9 Å². The van der Waals surface area contributed by atoms with Crippen molar-refractivity contribution in [2.24, 2.45) is 0 Å². The maximum absolute atomic E-state index is 12.2. The molecule has 1 aromatic carbocycles. The Bertz CT molecular complexity index is 505. The minimum atomic E-state index is 0.247. The monoisotopic (exact) mass is 355 g/mol. The Labute approximate surface area is 134 Å². The van der Waals surface area contributed by atoms with Crippen molar-refractivity contribution in [3.63, 3.8) is 0 Å². The number of hydrogen-bond acceptors (Lipinski definition) is 3. The van der Waals surface area contributed by atoms with E-state index in [0.717, 1.165) is 48.2 Å². The molecule has 0 N–H and O–H groups in total. The predicted octanol–water partition coefficient (Wildman–Crippen LogP) is 3.15. The quantitative estimate of drug-likeness (QED) is 0.581. The molecule has 0 saturated heterocycles. The van der Waals surface area contributed by atoms with Crippen LogP contribution in [0.1, 0.15) is 30.4 Å². The molecule has 21 heavy (non-hydrogen) atoms. The lowest BCUT2D eigenvalue weighted by Gasteiger charge is -2.29. The molecular formula is C16H22BrNO3. The SMILES string of the molecule is COc1cc2c(cc1OC)CN(C(=O)CCCCBr)CC2. The average molecular weight is 356 g/mol. The highest BCUT2D eigenvalue weighted by atomic mass is 79.9. The number of ether oxygens (including phenoxy) is 2. The number of hydrogen-bond donors (Lipinski definition) is 0. The Morgan fingerprint density at radius 2 is 1.86 bits per heavy atom. The van der Waals surface area contributed by atoms with Crippen LogP contribution in [0.5, 0.6) is 11.5 Å². The van der Waals surface area contributed by atoms with E-state index in [4.69, 9.17) is 9.47 Å². The third kappa shape index (κ3) is 3.90. The number of unbranched alkanes of at least 4 members (excludes halogenated alkanes) is 1. The molecule has 1 amide bonds. The van der Waals surface area contributed by atoms with E-state index in [9.17, 15) is 4.79 Å². The van der Waals surface area contributed by atoms with Gasteiger partial charge in [0.15, 0.2) is 11.5 Å². The molecule has 0 bridgehead atoms. The molecule has 4 nitrogen and oxygen atoms in total. The molecule has 116 valence electrons. The van der Waals surface area contributed by atoms with E-state index in [1.165, 1.54) is 5.56 Å². The lowest BCUT2D eigenvalue weighted by Crippen LogP contribution is -2.35. The third-order valence-electron chi connectivity index (χ3n) is 3.85. The fourth-order valence-corrected chi connectivity index (χ4v) is 3.02. The van der Waals surface area contributed by atoms with Gasteiger partial charge in [-0.2, -0.15) is 0 Å². The molecule has 5 heteroatoms. The zero-order valence-electron chi connectivity index (χ0n) is 12.7. The lowest BCUT2D eigenvalue weighted by atomic mass is 9.98. The molecule has 0 unspecified atom stereocenters. The van der Waals surface area contributed by atoms with Crippen molar-refractivity contribution in [2.45, 2.75) is 32.2 Å². The van der Waals surface area contributed by atoms with Crippen LogP contribution in [-0.2, 0) is 17.8 Å². The minimum Gasteiger partial charge on any atom is -0.493 e. The number of nitrogens with zero attached hydrogens (tertiary/aromatic N) is 1. The van der Waals surface area contributed by atoms with Gasteiger partial charge in [-0.25, -0.2) is 0 Å². The number of amides is 1. The molecule has 1 aromatic rings. The Morgan fingerprint density at radius 3 is 2.48 bits per heavy atom. The Balaban J connectivity index is 2.07. The summed E-state index contributed by atoms with van der Waals surface area (Å²) in [6.07, 6.45) is 3.49. The Hall–Kier alpha value is -1.23. The first kappa shape index (κ1) is 16.1. The highest BCUT2D eigenvalue weighted by molar-refractivity contribution is 9.09. The molecule has 0 saturated carbocycles. The minimum absolute atomic E-state index is 0.247. The summed E-state index contributed by atoms with van der Waals surface area (Å²) in [5.41, 5.74) is 2.41. The summed E-state index contributed by atoms with van der Waals surface area (Å²) in [6, 6.07) is 4.02. The van der Waals surface area contributed by atoms with Crippen LogP contribution in [0.4, 0.5) is 0 Å². The summed E-state index contributed by atoms with van der Waals surface area (Å²) < 4.78 is 10.7. The van der Waals surface area contributed by atoms with Gasteiger partial charge in [0.05, 0.1) is 14.2 Å². The van der Waals surface area contributed by atoms with Crippen molar-refractivity contribution >= 4 is 21.8 Å². The van der Waals surface area contributed by atoms with E-state index in [1.807, 2.05) is 17.0 Å². The largest absolute Gasteiger partial charge is 0.493 e. The second-order valence-corrected chi connectivity index (χ2v) is 5.98. The summed E-state index contributed by atoms with van der Waals surface area (Å²) in [6.45, 7) is 1.46. The number of carbonyl (C=O) groups excluding carboxylic acids is 1. The van der Waals surface area contributed by atoms with Gasteiger partial charge in [-0.3, -0.25) is 4.79 Å². The molecule has 0 spiro atoms. The second kappa shape index (κ2) is 7.69. The third-order valence-corrected chi connectivity index (χ3v) is 4.41. The number of rotatable bonds is 6.